The van der Waals surface area contributed by atoms with E-state index in [1.165, 1.54) is 18.4 Å². The summed E-state index contributed by atoms with van der Waals surface area (Å²) in [4.78, 5) is 2.42. The summed E-state index contributed by atoms with van der Waals surface area (Å²) in [6.07, 6.45) is 2.38. The van der Waals surface area contributed by atoms with Crippen molar-refractivity contribution in [3.8, 4) is 11.5 Å². The molecule has 1 aliphatic rings. The molecule has 0 saturated heterocycles. The van der Waals surface area contributed by atoms with Crippen LogP contribution in [0.25, 0.3) is 0 Å². The van der Waals surface area contributed by atoms with E-state index >= 15 is 0 Å². The predicted octanol–water partition coefficient (Wildman–Crippen LogP) is 3.30. The Labute approximate surface area is 129 Å². The highest BCUT2D eigenvalue weighted by Crippen LogP contribution is 2.41. The SMILES string of the molecule is CCCCN(CC)C(CN)c1cc(Br)c2c(c1)OCO2. The Morgan fingerprint density at radius 1 is 1.35 bits per heavy atom. The van der Waals surface area contributed by atoms with Crippen molar-refractivity contribution in [3.05, 3.63) is 22.2 Å². The van der Waals surface area contributed by atoms with Gasteiger partial charge in [-0.2, -0.15) is 0 Å². The predicted molar refractivity (Wildman–Crippen MR) is 84.2 cm³/mol. The largest absolute Gasteiger partial charge is 0.454 e. The Morgan fingerprint density at radius 3 is 2.80 bits per heavy atom. The van der Waals surface area contributed by atoms with Gasteiger partial charge in [0.05, 0.1) is 4.47 Å². The van der Waals surface area contributed by atoms with Crippen molar-refractivity contribution in [2.45, 2.75) is 32.7 Å². The molecular weight excluding hydrogens is 320 g/mol. The number of likely N-dealkylation sites (N-methyl/N-ethyl adjacent to an activating group) is 1. The molecule has 0 aliphatic carbocycles. The first-order chi connectivity index (χ1) is 9.71. The minimum atomic E-state index is 0.220. The van der Waals surface area contributed by atoms with Crippen molar-refractivity contribution < 1.29 is 9.47 Å². The molecule has 0 aromatic heterocycles. The molecule has 5 heteroatoms. The van der Waals surface area contributed by atoms with E-state index in [4.69, 9.17) is 15.2 Å². The average molecular weight is 343 g/mol. The lowest BCUT2D eigenvalue weighted by Gasteiger charge is -2.30. The highest BCUT2D eigenvalue weighted by atomic mass is 79.9. The minimum Gasteiger partial charge on any atom is -0.454 e. The quantitative estimate of drug-likeness (QED) is 0.825. The fraction of sp³-hybridized carbons (Fsp3) is 0.600. The third-order valence-electron chi connectivity index (χ3n) is 3.70. The van der Waals surface area contributed by atoms with E-state index in [0.29, 0.717) is 6.54 Å². The molecular formula is C15H23BrN2O2. The number of rotatable bonds is 7. The Morgan fingerprint density at radius 2 is 2.15 bits per heavy atom. The van der Waals surface area contributed by atoms with Crippen molar-refractivity contribution in [2.24, 2.45) is 5.73 Å². The monoisotopic (exact) mass is 342 g/mol. The summed E-state index contributed by atoms with van der Waals surface area (Å²) < 4.78 is 11.9. The van der Waals surface area contributed by atoms with E-state index in [9.17, 15) is 0 Å². The van der Waals surface area contributed by atoms with Crippen molar-refractivity contribution in [3.63, 3.8) is 0 Å². The fourth-order valence-electron chi connectivity index (χ4n) is 2.57. The number of benzene rings is 1. The second kappa shape index (κ2) is 7.29. The van der Waals surface area contributed by atoms with Gasteiger partial charge in [0, 0.05) is 12.6 Å². The summed E-state index contributed by atoms with van der Waals surface area (Å²) in [5.74, 6) is 1.60. The molecule has 2 rings (SSSR count). The highest BCUT2D eigenvalue weighted by molar-refractivity contribution is 9.10. The van der Waals surface area contributed by atoms with Crippen LogP contribution in [-0.2, 0) is 0 Å². The topological polar surface area (TPSA) is 47.7 Å². The van der Waals surface area contributed by atoms with Gasteiger partial charge in [0.1, 0.15) is 0 Å². The number of halogens is 1. The molecule has 2 N–H and O–H groups in total. The maximum atomic E-state index is 6.02. The van der Waals surface area contributed by atoms with Crippen LogP contribution < -0.4 is 15.2 Å². The van der Waals surface area contributed by atoms with Crippen molar-refractivity contribution >= 4 is 15.9 Å². The molecule has 1 aromatic rings. The molecule has 0 radical (unpaired) electrons. The molecule has 1 aromatic carbocycles. The molecule has 0 amide bonds. The number of ether oxygens (including phenoxy) is 2. The van der Waals surface area contributed by atoms with Crippen LogP contribution in [0.3, 0.4) is 0 Å². The van der Waals surface area contributed by atoms with Crippen LogP contribution in [0.2, 0.25) is 0 Å². The van der Waals surface area contributed by atoms with Crippen LogP contribution >= 0.6 is 15.9 Å². The number of hydrogen-bond acceptors (Lipinski definition) is 4. The lowest BCUT2D eigenvalue weighted by atomic mass is 10.0. The summed E-state index contributed by atoms with van der Waals surface area (Å²) in [5, 5.41) is 0. The third-order valence-corrected chi connectivity index (χ3v) is 4.29. The first kappa shape index (κ1) is 15.6. The Kier molecular flexibility index (Phi) is 5.69. The summed E-state index contributed by atoms with van der Waals surface area (Å²) in [7, 11) is 0. The van der Waals surface area contributed by atoms with E-state index in [1.54, 1.807) is 0 Å². The van der Waals surface area contributed by atoms with Gasteiger partial charge in [-0.1, -0.05) is 20.3 Å². The van der Waals surface area contributed by atoms with E-state index in [0.717, 1.165) is 29.1 Å². The summed E-state index contributed by atoms with van der Waals surface area (Å²) in [6.45, 7) is 7.35. The van der Waals surface area contributed by atoms with Gasteiger partial charge in [-0.25, -0.2) is 0 Å². The first-order valence-corrected chi connectivity index (χ1v) is 8.03. The van der Waals surface area contributed by atoms with Gasteiger partial charge >= 0.3 is 0 Å². The van der Waals surface area contributed by atoms with Crippen LogP contribution in [0.4, 0.5) is 0 Å². The van der Waals surface area contributed by atoms with Gasteiger partial charge in [0.25, 0.3) is 0 Å². The fourth-order valence-corrected chi connectivity index (χ4v) is 3.15. The highest BCUT2D eigenvalue weighted by Gasteiger charge is 2.23. The Balaban J connectivity index is 2.24. The van der Waals surface area contributed by atoms with Gasteiger partial charge < -0.3 is 15.2 Å². The molecule has 1 unspecified atom stereocenters. The maximum absolute atomic E-state index is 6.02. The zero-order chi connectivity index (χ0) is 14.5. The zero-order valence-electron chi connectivity index (χ0n) is 12.2. The van der Waals surface area contributed by atoms with Gasteiger partial charge in [-0.3, -0.25) is 4.90 Å². The molecule has 112 valence electrons. The third kappa shape index (κ3) is 3.27. The smallest absolute Gasteiger partial charge is 0.231 e. The second-order valence-corrected chi connectivity index (χ2v) is 5.82. The molecule has 0 bridgehead atoms. The first-order valence-electron chi connectivity index (χ1n) is 7.24. The van der Waals surface area contributed by atoms with E-state index in [-0.39, 0.29) is 12.8 Å². The molecule has 1 aliphatic heterocycles. The molecule has 20 heavy (non-hydrogen) atoms. The Bertz CT molecular complexity index is 454. The van der Waals surface area contributed by atoms with Gasteiger partial charge in [0.2, 0.25) is 6.79 Å². The molecule has 1 atom stereocenters. The maximum Gasteiger partial charge on any atom is 0.231 e. The zero-order valence-corrected chi connectivity index (χ0v) is 13.8. The molecule has 4 nitrogen and oxygen atoms in total. The average Bonchev–Trinajstić information content (AvgIpc) is 2.92. The van der Waals surface area contributed by atoms with E-state index in [2.05, 4.69) is 46.8 Å². The lowest BCUT2D eigenvalue weighted by Crippen LogP contribution is -2.34. The summed E-state index contributed by atoms with van der Waals surface area (Å²) in [6, 6.07) is 4.37. The van der Waals surface area contributed by atoms with Crippen LogP contribution in [0.5, 0.6) is 11.5 Å². The van der Waals surface area contributed by atoms with Crippen LogP contribution in [0.15, 0.2) is 16.6 Å². The van der Waals surface area contributed by atoms with Gasteiger partial charge in [0.15, 0.2) is 11.5 Å². The van der Waals surface area contributed by atoms with E-state index in [1.807, 2.05) is 0 Å². The van der Waals surface area contributed by atoms with Crippen molar-refractivity contribution in [1.82, 2.24) is 4.90 Å². The second-order valence-electron chi connectivity index (χ2n) is 4.97. The number of nitrogens with zero attached hydrogens (tertiary/aromatic N) is 1. The molecule has 0 spiro atoms. The summed E-state index contributed by atoms with van der Waals surface area (Å²) >= 11 is 3.55. The molecule has 0 saturated carbocycles. The molecule has 1 heterocycles. The van der Waals surface area contributed by atoms with Gasteiger partial charge in [-0.15, -0.1) is 0 Å². The summed E-state index contributed by atoms with van der Waals surface area (Å²) in [5.41, 5.74) is 7.20. The number of nitrogens with two attached hydrogens (primary N) is 1. The van der Waals surface area contributed by atoms with E-state index < -0.39 is 0 Å². The number of hydrogen-bond donors (Lipinski definition) is 1. The number of unbranched alkanes of at least 4 members (excludes halogenated alkanes) is 1. The van der Waals surface area contributed by atoms with Crippen molar-refractivity contribution in [2.75, 3.05) is 26.4 Å². The number of fused-ring (bicyclic) bond motifs is 1. The van der Waals surface area contributed by atoms with Crippen LogP contribution in [-0.4, -0.2) is 31.3 Å². The van der Waals surface area contributed by atoms with Gasteiger partial charge in [-0.05, 0) is 53.1 Å². The molecule has 0 fully saturated rings. The van der Waals surface area contributed by atoms with Crippen LogP contribution in [0.1, 0.15) is 38.3 Å². The van der Waals surface area contributed by atoms with Crippen LogP contribution in [0, 0.1) is 0 Å². The van der Waals surface area contributed by atoms with Crippen molar-refractivity contribution in [1.29, 1.82) is 0 Å². The standard InChI is InChI=1S/C15H23BrN2O2/c1-3-5-6-18(4-2)13(9-17)11-7-12(16)15-14(8-11)19-10-20-15/h7-8,13H,3-6,9-10,17H2,1-2H3. The lowest BCUT2D eigenvalue weighted by molar-refractivity contribution is 0.173. The normalized spacial score (nSPS) is 14.8. The Hall–Kier alpha value is -0.780. The minimum absolute atomic E-state index is 0.220.